The molecular formula is C21H25N. The van der Waals surface area contributed by atoms with Crippen molar-refractivity contribution < 1.29 is 0 Å². The minimum Gasteiger partial charge on any atom is -0.370 e. The fraction of sp³-hybridized carbons (Fsp3) is 0.333. The Hall–Kier alpha value is -2.02. The lowest BCUT2D eigenvalue weighted by Gasteiger charge is -2.29. The molecule has 0 N–H and O–H groups in total. The van der Waals surface area contributed by atoms with Crippen LogP contribution in [-0.2, 0) is 6.54 Å². The topological polar surface area (TPSA) is 3.24 Å². The predicted octanol–water partition coefficient (Wildman–Crippen LogP) is 5.45. The summed E-state index contributed by atoms with van der Waals surface area (Å²) in [5.41, 5.74) is 5.72. The molecule has 114 valence electrons. The maximum Gasteiger partial charge on any atom is 0.0426 e. The molecule has 22 heavy (non-hydrogen) atoms. The Bertz CT molecular complexity index is 642. The van der Waals surface area contributed by atoms with Crippen LogP contribution in [0.1, 0.15) is 49.3 Å². The summed E-state index contributed by atoms with van der Waals surface area (Å²) in [7, 11) is 0. The van der Waals surface area contributed by atoms with Crippen LogP contribution >= 0.6 is 0 Å². The van der Waals surface area contributed by atoms with Gasteiger partial charge in [-0.1, -0.05) is 74.9 Å². The first-order valence-corrected chi connectivity index (χ1v) is 8.39. The summed E-state index contributed by atoms with van der Waals surface area (Å²) >= 11 is 0. The number of nitrogens with zero attached hydrogens (tertiary/aromatic N) is 1. The molecule has 1 unspecified atom stereocenters. The molecule has 0 spiro atoms. The van der Waals surface area contributed by atoms with Gasteiger partial charge in [0.1, 0.15) is 0 Å². The predicted molar refractivity (Wildman–Crippen MR) is 94.6 cm³/mol. The van der Waals surface area contributed by atoms with Crippen molar-refractivity contribution in [1.29, 1.82) is 0 Å². The molecule has 0 saturated carbocycles. The highest BCUT2D eigenvalue weighted by atomic mass is 15.1. The maximum absolute atomic E-state index is 2.57. The quantitative estimate of drug-likeness (QED) is 0.684. The minimum atomic E-state index is 0.497. The third-order valence-corrected chi connectivity index (χ3v) is 4.57. The van der Waals surface area contributed by atoms with E-state index in [0.29, 0.717) is 5.92 Å². The first kappa shape index (κ1) is 14.9. The van der Waals surface area contributed by atoms with Crippen molar-refractivity contribution >= 4 is 6.08 Å². The van der Waals surface area contributed by atoms with Crippen LogP contribution < -0.4 is 0 Å². The molecule has 2 aromatic carbocycles. The highest BCUT2D eigenvalue weighted by molar-refractivity contribution is 5.65. The first-order chi connectivity index (χ1) is 10.8. The Kier molecular flexibility index (Phi) is 4.62. The summed E-state index contributed by atoms with van der Waals surface area (Å²) in [5, 5.41) is 0. The van der Waals surface area contributed by atoms with Crippen molar-refractivity contribution in [1.82, 2.24) is 4.90 Å². The van der Waals surface area contributed by atoms with E-state index in [1.165, 1.54) is 35.2 Å². The van der Waals surface area contributed by atoms with Gasteiger partial charge in [-0.05, 0) is 29.2 Å². The lowest BCUT2D eigenvalue weighted by Crippen LogP contribution is -2.25. The highest BCUT2D eigenvalue weighted by Gasteiger charge is 2.24. The van der Waals surface area contributed by atoms with Crippen molar-refractivity contribution in [3.63, 3.8) is 0 Å². The number of hydrogen-bond acceptors (Lipinski definition) is 1. The molecule has 0 fully saturated rings. The molecule has 0 heterocycles. The lowest BCUT2D eigenvalue weighted by molar-refractivity contribution is 0.317. The van der Waals surface area contributed by atoms with Gasteiger partial charge in [0, 0.05) is 24.7 Å². The van der Waals surface area contributed by atoms with Crippen LogP contribution in [0.25, 0.3) is 6.08 Å². The zero-order chi connectivity index (χ0) is 15.4. The Morgan fingerprint density at radius 1 is 0.955 bits per heavy atom. The second kappa shape index (κ2) is 6.83. The minimum absolute atomic E-state index is 0.497. The van der Waals surface area contributed by atoms with Crippen LogP contribution in [0.4, 0.5) is 0 Å². The summed E-state index contributed by atoms with van der Waals surface area (Å²) in [6, 6.07) is 19.6. The lowest BCUT2D eigenvalue weighted by atomic mass is 10.0. The van der Waals surface area contributed by atoms with E-state index in [1.807, 2.05) is 0 Å². The fourth-order valence-corrected chi connectivity index (χ4v) is 3.30. The van der Waals surface area contributed by atoms with Crippen LogP contribution in [0.3, 0.4) is 0 Å². The molecule has 1 aliphatic carbocycles. The zero-order valence-corrected chi connectivity index (χ0v) is 13.6. The molecule has 0 radical (unpaired) electrons. The third-order valence-electron chi connectivity index (χ3n) is 4.57. The average Bonchev–Trinajstić information content (AvgIpc) is 2.90. The smallest absolute Gasteiger partial charge is 0.0426 e. The number of allylic oxidation sites excluding steroid dienone is 1. The standard InChI is InChI=1S/C21H25N/c1-3-4-14-22(16-18-10-6-5-7-11-18)21-15-19-12-8-9-13-20(19)17(21)2/h5-13,15,17H,3-4,14,16H2,1-2H3. The Morgan fingerprint density at radius 2 is 1.68 bits per heavy atom. The number of unbranched alkanes of at least 4 members (excludes halogenated alkanes) is 1. The van der Waals surface area contributed by atoms with Gasteiger partial charge in [0.25, 0.3) is 0 Å². The van der Waals surface area contributed by atoms with E-state index < -0.39 is 0 Å². The van der Waals surface area contributed by atoms with Crippen LogP contribution in [-0.4, -0.2) is 11.4 Å². The van der Waals surface area contributed by atoms with E-state index >= 15 is 0 Å². The summed E-state index contributed by atoms with van der Waals surface area (Å²) in [4.78, 5) is 2.57. The summed E-state index contributed by atoms with van der Waals surface area (Å²) in [6.07, 6.45) is 4.87. The molecule has 0 saturated heterocycles. The van der Waals surface area contributed by atoms with Crippen molar-refractivity contribution in [2.24, 2.45) is 0 Å². The van der Waals surface area contributed by atoms with Gasteiger partial charge < -0.3 is 4.90 Å². The first-order valence-electron chi connectivity index (χ1n) is 8.39. The largest absolute Gasteiger partial charge is 0.370 e. The SMILES string of the molecule is CCCCN(Cc1ccccc1)C1=Cc2ccccc2C1C. The second-order valence-electron chi connectivity index (χ2n) is 6.18. The van der Waals surface area contributed by atoms with Gasteiger partial charge in [0.2, 0.25) is 0 Å². The third kappa shape index (κ3) is 3.09. The number of benzene rings is 2. The normalized spacial score (nSPS) is 16.3. The average molecular weight is 291 g/mol. The van der Waals surface area contributed by atoms with Gasteiger partial charge in [-0.25, -0.2) is 0 Å². The molecule has 2 aromatic rings. The molecule has 0 aliphatic heterocycles. The molecule has 1 atom stereocenters. The van der Waals surface area contributed by atoms with Crippen LogP contribution in [0.5, 0.6) is 0 Å². The number of hydrogen-bond donors (Lipinski definition) is 0. The van der Waals surface area contributed by atoms with E-state index in [0.717, 1.165) is 13.1 Å². The molecule has 1 heteroatoms. The van der Waals surface area contributed by atoms with Crippen molar-refractivity contribution in [3.05, 3.63) is 77.0 Å². The molecule has 0 amide bonds. The molecule has 1 nitrogen and oxygen atoms in total. The van der Waals surface area contributed by atoms with Crippen molar-refractivity contribution in [2.45, 2.75) is 39.2 Å². The zero-order valence-electron chi connectivity index (χ0n) is 13.6. The number of rotatable bonds is 6. The Labute approximate surface area is 134 Å². The number of fused-ring (bicyclic) bond motifs is 1. The van der Waals surface area contributed by atoms with Gasteiger partial charge in [-0.15, -0.1) is 0 Å². The van der Waals surface area contributed by atoms with Gasteiger partial charge in [0.15, 0.2) is 0 Å². The summed E-state index contributed by atoms with van der Waals surface area (Å²) in [6.45, 7) is 6.74. The molecule has 0 bridgehead atoms. The Balaban J connectivity index is 1.84. The summed E-state index contributed by atoms with van der Waals surface area (Å²) < 4.78 is 0. The van der Waals surface area contributed by atoms with Gasteiger partial charge in [-0.3, -0.25) is 0 Å². The van der Waals surface area contributed by atoms with E-state index in [4.69, 9.17) is 0 Å². The fourth-order valence-electron chi connectivity index (χ4n) is 3.30. The van der Waals surface area contributed by atoms with Crippen LogP contribution in [0.15, 0.2) is 60.3 Å². The van der Waals surface area contributed by atoms with E-state index in [9.17, 15) is 0 Å². The van der Waals surface area contributed by atoms with Crippen molar-refractivity contribution in [2.75, 3.05) is 6.54 Å². The van der Waals surface area contributed by atoms with Gasteiger partial charge >= 0.3 is 0 Å². The van der Waals surface area contributed by atoms with Gasteiger partial charge in [0.05, 0.1) is 0 Å². The van der Waals surface area contributed by atoms with E-state index in [2.05, 4.69) is 79.4 Å². The maximum atomic E-state index is 2.57. The molecular weight excluding hydrogens is 266 g/mol. The van der Waals surface area contributed by atoms with Gasteiger partial charge in [-0.2, -0.15) is 0 Å². The van der Waals surface area contributed by atoms with Crippen molar-refractivity contribution in [3.8, 4) is 0 Å². The monoisotopic (exact) mass is 291 g/mol. The van der Waals surface area contributed by atoms with Crippen LogP contribution in [0, 0.1) is 0 Å². The van der Waals surface area contributed by atoms with Crippen LogP contribution in [0.2, 0.25) is 0 Å². The molecule has 3 rings (SSSR count). The molecule has 1 aliphatic rings. The van der Waals surface area contributed by atoms with E-state index in [-0.39, 0.29) is 0 Å². The van der Waals surface area contributed by atoms with E-state index in [1.54, 1.807) is 0 Å². The Morgan fingerprint density at radius 3 is 2.41 bits per heavy atom. The second-order valence-corrected chi connectivity index (χ2v) is 6.18. The summed E-state index contributed by atoms with van der Waals surface area (Å²) in [5.74, 6) is 0.497. The highest BCUT2D eigenvalue weighted by Crippen LogP contribution is 2.38. The molecule has 0 aromatic heterocycles.